The molecule has 2 nitrogen and oxygen atoms in total. The molecule has 0 amide bonds. The van der Waals surface area contributed by atoms with Gasteiger partial charge in [-0.15, -0.1) is 0 Å². The first-order valence-corrected chi connectivity index (χ1v) is 5.16. The van der Waals surface area contributed by atoms with Crippen LogP contribution in [-0.4, -0.2) is 14.1 Å². The maximum Gasteiger partial charge on any atom is 0.0474 e. The topological polar surface area (TPSA) is 29.3 Å². The zero-order valence-electron chi connectivity index (χ0n) is 8.92. The van der Waals surface area contributed by atoms with Gasteiger partial charge < -0.3 is 10.6 Å². The van der Waals surface area contributed by atoms with Crippen LogP contribution in [0.1, 0.15) is 24.9 Å². The van der Waals surface area contributed by atoms with Gasteiger partial charge in [-0.3, -0.25) is 0 Å². The molecule has 0 aliphatic heterocycles. The van der Waals surface area contributed by atoms with Crippen molar-refractivity contribution in [3.8, 4) is 0 Å². The van der Waals surface area contributed by atoms with Crippen molar-refractivity contribution in [2.45, 2.75) is 19.4 Å². The van der Waals surface area contributed by atoms with Crippen LogP contribution in [0.5, 0.6) is 0 Å². The van der Waals surface area contributed by atoms with Crippen molar-refractivity contribution < 1.29 is 0 Å². The molecule has 0 aromatic heterocycles. The summed E-state index contributed by atoms with van der Waals surface area (Å²) in [6.07, 6.45) is 0.904. The predicted octanol–water partition coefficient (Wildman–Crippen LogP) is 2.82. The third-order valence-electron chi connectivity index (χ3n) is 2.34. The smallest absolute Gasteiger partial charge is 0.0474 e. The van der Waals surface area contributed by atoms with Crippen LogP contribution in [0.15, 0.2) is 18.2 Å². The average molecular weight is 213 g/mol. The van der Waals surface area contributed by atoms with Crippen LogP contribution in [-0.2, 0) is 0 Å². The second-order valence-electron chi connectivity index (χ2n) is 3.61. The van der Waals surface area contributed by atoms with Crippen molar-refractivity contribution in [1.82, 2.24) is 0 Å². The first-order chi connectivity index (χ1) is 6.56. The summed E-state index contributed by atoms with van der Waals surface area (Å²) in [5.74, 6) is 0. The van der Waals surface area contributed by atoms with E-state index >= 15 is 0 Å². The molecule has 1 aromatic carbocycles. The Balaban J connectivity index is 3.01. The number of halogens is 1. The lowest BCUT2D eigenvalue weighted by Crippen LogP contribution is -2.11. The maximum atomic E-state index is 6.14. The third kappa shape index (κ3) is 2.40. The van der Waals surface area contributed by atoms with E-state index in [-0.39, 0.29) is 6.04 Å². The Morgan fingerprint density at radius 1 is 1.43 bits per heavy atom. The summed E-state index contributed by atoms with van der Waals surface area (Å²) in [6.45, 7) is 2.06. The number of nitrogens with two attached hydrogens (primary N) is 1. The molecule has 1 atom stereocenters. The van der Waals surface area contributed by atoms with Gasteiger partial charge in [0.1, 0.15) is 0 Å². The van der Waals surface area contributed by atoms with E-state index in [2.05, 4.69) is 6.92 Å². The van der Waals surface area contributed by atoms with Crippen LogP contribution in [0.3, 0.4) is 0 Å². The number of hydrogen-bond acceptors (Lipinski definition) is 2. The molecule has 0 aliphatic carbocycles. The quantitative estimate of drug-likeness (QED) is 0.835. The van der Waals surface area contributed by atoms with Gasteiger partial charge in [0.15, 0.2) is 0 Å². The Morgan fingerprint density at radius 3 is 2.50 bits per heavy atom. The van der Waals surface area contributed by atoms with Crippen molar-refractivity contribution in [1.29, 1.82) is 0 Å². The van der Waals surface area contributed by atoms with Crippen molar-refractivity contribution >= 4 is 17.3 Å². The molecule has 14 heavy (non-hydrogen) atoms. The van der Waals surface area contributed by atoms with Crippen molar-refractivity contribution in [3.63, 3.8) is 0 Å². The third-order valence-corrected chi connectivity index (χ3v) is 2.67. The highest BCUT2D eigenvalue weighted by Gasteiger charge is 2.08. The fourth-order valence-corrected chi connectivity index (χ4v) is 1.63. The molecule has 0 spiro atoms. The molecule has 0 unspecified atom stereocenters. The highest BCUT2D eigenvalue weighted by Crippen LogP contribution is 2.27. The Morgan fingerprint density at radius 2 is 2.07 bits per heavy atom. The van der Waals surface area contributed by atoms with Crippen LogP contribution in [0.4, 0.5) is 5.69 Å². The van der Waals surface area contributed by atoms with Gasteiger partial charge in [0.2, 0.25) is 0 Å². The molecule has 0 saturated carbocycles. The standard InChI is InChI=1S/C11H17ClN2/c1-4-11(13)9-6-5-8(14(2)3)7-10(9)12/h5-7,11H,4,13H2,1-3H3/t11-/m0/s1. The Bertz CT molecular complexity index is 310. The van der Waals surface area contributed by atoms with E-state index in [1.807, 2.05) is 37.2 Å². The lowest BCUT2D eigenvalue weighted by atomic mass is 10.1. The number of anilines is 1. The molecular weight excluding hydrogens is 196 g/mol. The zero-order chi connectivity index (χ0) is 10.7. The predicted molar refractivity (Wildman–Crippen MR) is 63.0 cm³/mol. The van der Waals surface area contributed by atoms with E-state index in [4.69, 9.17) is 17.3 Å². The molecule has 0 radical (unpaired) electrons. The molecule has 1 aromatic rings. The minimum Gasteiger partial charge on any atom is -0.378 e. The highest BCUT2D eigenvalue weighted by molar-refractivity contribution is 6.31. The summed E-state index contributed by atoms with van der Waals surface area (Å²) >= 11 is 6.14. The van der Waals surface area contributed by atoms with E-state index in [1.54, 1.807) is 0 Å². The van der Waals surface area contributed by atoms with Gasteiger partial charge in [-0.05, 0) is 24.1 Å². The van der Waals surface area contributed by atoms with Gasteiger partial charge in [-0.25, -0.2) is 0 Å². The Labute approximate surface area is 90.7 Å². The molecule has 3 heteroatoms. The van der Waals surface area contributed by atoms with Crippen LogP contribution in [0.25, 0.3) is 0 Å². The monoisotopic (exact) mass is 212 g/mol. The molecule has 0 fully saturated rings. The number of benzene rings is 1. The maximum absolute atomic E-state index is 6.14. The largest absolute Gasteiger partial charge is 0.378 e. The van der Waals surface area contributed by atoms with Crippen LogP contribution in [0, 0.1) is 0 Å². The van der Waals surface area contributed by atoms with Crippen LogP contribution in [0.2, 0.25) is 5.02 Å². The number of rotatable bonds is 3. The molecular formula is C11H17ClN2. The highest BCUT2D eigenvalue weighted by atomic mass is 35.5. The van der Waals surface area contributed by atoms with Gasteiger partial charge in [0, 0.05) is 30.8 Å². The SMILES string of the molecule is CC[C@H](N)c1ccc(N(C)C)cc1Cl. The second kappa shape index (κ2) is 4.67. The summed E-state index contributed by atoms with van der Waals surface area (Å²) in [4.78, 5) is 2.02. The van der Waals surface area contributed by atoms with E-state index in [0.717, 1.165) is 22.7 Å². The van der Waals surface area contributed by atoms with Crippen molar-refractivity contribution in [2.75, 3.05) is 19.0 Å². The summed E-state index contributed by atoms with van der Waals surface area (Å²) < 4.78 is 0. The molecule has 0 heterocycles. The lowest BCUT2D eigenvalue weighted by Gasteiger charge is -2.16. The van der Waals surface area contributed by atoms with Gasteiger partial charge in [-0.1, -0.05) is 24.6 Å². The molecule has 0 aliphatic rings. The average Bonchev–Trinajstić information content (AvgIpc) is 2.16. The number of nitrogens with zero attached hydrogens (tertiary/aromatic N) is 1. The summed E-state index contributed by atoms with van der Waals surface area (Å²) in [5, 5.41) is 0.755. The summed E-state index contributed by atoms with van der Waals surface area (Å²) in [7, 11) is 3.98. The second-order valence-corrected chi connectivity index (χ2v) is 4.02. The first-order valence-electron chi connectivity index (χ1n) is 4.78. The zero-order valence-corrected chi connectivity index (χ0v) is 9.67. The first kappa shape index (κ1) is 11.3. The lowest BCUT2D eigenvalue weighted by molar-refractivity contribution is 0.699. The minimum absolute atomic E-state index is 0.0405. The van der Waals surface area contributed by atoms with Crippen molar-refractivity contribution in [3.05, 3.63) is 28.8 Å². The van der Waals surface area contributed by atoms with Gasteiger partial charge >= 0.3 is 0 Å². The summed E-state index contributed by atoms with van der Waals surface area (Å²) in [6, 6.07) is 6.04. The fraction of sp³-hybridized carbons (Fsp3) is 0.455. The van der Waals surface area contributed by atoms with E-state index < -0.39 is 0 Å². The molecule has 78 valence electrons. The van der Waals surface area contributed by atoms with Crippen molar-refractivity contribution in [2.24, 2.45) is 5.73 Å². The molecule has 2 N–H and O–H groups in total. The minimum atomic E-state index is 0.0405. The molecule has 0 saturated heterocycles. The normalized spacial score (nSPS) is 12.6. The van der Waals surface area contributed by atoms with E-state index in [9.17, 15) is 0 Å². The van der Waals surface area contributed by atoms with Crippen LogP contribution < -0.4 is 10.6 Å². The van der Waals surface area contributed by atoms with Gasteiger partial charge in [0.05, 0.1) is 0 Å². The van der Waals surface area contributed by atoms with Gasteiger partial charge in [0.25, 0.3) is 0 Å². The molecule has 0 bridgehead atoms. The fourth-order valence-electron chi connectivity index (χ4n) is 1.31. The van der Waals surface area contributed by atoms with Crippen LogP contribution >= 0.6 is 11.6 Å². The Kier molecular flexibility index (Phi) is 3.78. The summed E-state index contributed by atoms with van der Waals surface area (Å²) in [5.41, 5.74) is 8.05. The number of hydrogen-bond donors (Lipinski definition) is 1. The van der Waals surface area contributed by atoms with E-state index in [0.29, 0.717) is 0 Å². The Hall–Kier alpha value is -0.730. The van der Waals surface area contributed by atoms with Gasteiger partial charge in [-0.2, -0.15) is 0 Å². The molecule has 1 rings (SSSR count). The van der Waals surface area contributed by atoms with E-state index in [1.165, 1.54) is 0 Å².